The van der Waals surface area contributed by atoms with Gasteiger partial charge in [0, 0.05) is 43.5 Å². The second kappa shape index (κ2) is 11.0. The van der Waals surface area contributed by atoms with Gasteiger partial charge in [-0.25, -0.2) is 0 Å². The molecule has 6 heteroatoms. The average molecular weight is 393 g/mol. The largest absolute Gasteiger partial charge is 0.379 e. The smallest absolute Gasteiger partial charge is 0.191 e. The molecule has 1 aromatic heterocycles. The van der Waals surface area contributed by atoms with Crippen LogP contribution in [0.15, 0.2) is 22.5 Å². The summed E-state index contributed by atoms with van der Waals surface area (Å²) < 4.78 is 5.41. The molecular formula is C21H36N4OS. The van der Waals surface area contributed by atoms with Crippen LogP contribution in [0.4, 0.5) is 0 Å². The Morgan fingerprint density at radius 2 is 2.00 bits per heavy atom. The summed E-state index contributed by atoms with van der Waals surface area (Å²) in [5.41, 5.74) is 0.292. The fourth-order valence-corrected chi connectivity index (χ4v) is 5.27. The van der Waals surface area contributed by atoms with Crippen molar-refractivity contribution in [3.8, 4) is 0 Å². The van der Waals surface area contributed by atoms with Crippen molar-refractivity contribution in [2.75, 3.05) is 53.0 Å². The van der Waals surface area contributed by atoms with E-state index in [2.05, 4.69) is 38.0 Å². The number of aliphatic imine (C=N–C) groups is 1. The molecule has 0 unspecified atom stereocenters. The van der Waals surface area contributed by atoms with E-state index in [0.717, 1.165) is 45.4 Å². The zero-order chi connectivity index (χ0) is 18.8. The first-order chi connectivity index (χ1) is 13.3. The van der Waals surface area contributed by atoms with Gasteiger partial charge in [0.05, 0.1) is 13.2 Å². The molecule has 0 aromatic carbocycles. The highest BCUT2D eigenvalue weighted by Crippen LogP contribution is 2.41. The number of nitrogens with zero attached hydrogens (tertiary/aromatic N) is 2. The topological polar surface area (TPSA) is 48.9 Å². The number of morpholine rings is 1. The predicted molar refractivity (Wildman–Crippen MR) is 115 cm³/mol. The minimum absolute atomic E-state index is 0.292. The maximum absolute atomic E-state index is 5.41. The average Bonchev–Trinajstić information content (AvgIpc) is 3.27. The molecular weight excluding hydrogens is 356 g/mol. The fraction of sp³-hybridized carbons (Fsp3) is 0.762. The van der Waals surface area contributed by atoms with Crippen molar-refractivity contribution < 1.29 is 4.74 Å². The molecule has 2 fully saturated rings. The lowest BCUT2D eigenvalue weighted by Gasteiger charge is -2.37. The third-order valence-electron chi connectivity index (χ3n) is 5.97. The number of hydrogen-bond acceptors (Lipinski definition) is 4. The minimum Gasteiger partial charge on any atom is -0.379 e. The van der Waals surface area contributed by atoms with Gasteiger partial charge in [-0.1, -0.05) is 25.3 Å². The minimum atomic E-state index is 0.292. The van der Waals surface area contributed by atoms with E-state index in [4.69, 9.17) is 4.74 Å². The summed E-state index contributed by atoms with van der Waals surface area (Å²) in [7, 11) is 1.88. The Balaban J connectivity index is 1.39. The zero-order valence-corrected chi connectivity index (χ0v) is 17.7. The van der Waals surface area contributed by atoms with Crippen LogP contribution in [0.2, 0.25) is 0 Å². The highest BCUT2D eigenvalue weighted by molar-refractivity contribution is 7.10. The van der Waals surface area contributed by atoms with Crippen LogP contribution in [0.3, 0.4) is 0 Å². The quantitative estimate of drug-likeness (QED) is 0.405. The van der Waals surface area contributed by atoms with E-state index in [1.165, 1.54) is 56.4 Å². The van der Waals surface area contributed by atoms with E-state index >= 15 is 0 Å². The highest BCUT2D eigenvalue weighted by Gasteiger charge is 2.34. The van der Waals surface area contributed by atoms with Gasteiger partial charge in [-0.05, 0) is 43.7 Å². The lowest BCUT2D eigenvalue weighted by molar-refractivity contribution is 0.0372. The third-order valence-corrected chi connectivity index (χ3v) is 7.09. The molecule has 0 amide bonds. The monoisotopic (exact) mass is 392 g/mol. The number of guanidine groups is 1. The number of rotatable bonds is 8. The summed E-state index contributed by atoms with van der Waals surface area (Å²) in [5.74, 6) is 0.947. The van der Waals surface area contributed by atoms with Crippen LogP contribution in [-0.2, 0) is 10.2 Å². The van der Waals surface area contributed by atoms with Crippen molar-refractivity contribution in [2.24, 2.45) is 4.99 Å². The van der Waals surface area contributed by atoms with Crippen molar-refractivity contribution in [1.82, 2.24) is 15.5 Å². The second-order valence-corrected chi connectivity index (χ2v) is 8.78. The first-order valence-corrected chi connectivity index (χ1v) is 11.5. The van der Waals surface area contributed by atoms with Crippen LogP contribution < -0.4 is 10.6 Å². The standard InChI is InChI=1S/C21H36N4OS/c1-22-20(23-11-5-6-12-25-13-15-26-16-14-25)24-18-21(9-3-2-4-10-21)19-8-7-17-27-19/h7-8,17H,2-6,9-16,18H2,1H3,(H2,22,23,24). The molecule has 1 saturated heterocycles. The van der Waals surface area contributed by atoms with E-state index in [9.17, 15) is 0 Å². The molecule has 0 spiro atoms. The molecule has 2 heterocycles. The number of hydrogen-bond donors (Lipinski definition) is 2. The van der Waals surface area contributed by atoms with Crippen molar-refractivity contribution >= 4 is 17.3 Å². The molecule has 0 atom stereocenters. The van der Waals surface area contributed by atoms with Crippen molar-refractivity contribution in [2.45, 2.75) is 50.4 Å². The van der Waals surface area contributed by atoms with Gasteiger partial charge in [-0.15, -0.1) is 11.3 Å². The molecule has 0 bridgehead atoms. The zero-order valence-electron chi connectivity index (χ0n) is 16.8. The SMILES string of the molecule is CN=C(NCCCCN1CCOCC1)NCC1(c2cccs2)CCCCC1. The Hall–Kier alpha value is -1.11. The van der Waals surface area contributed by atoms with Crippen LogP contribution in [0, 0.1) is 0 Å². The number of unbranched alkanes of at least 4 members (excludes halogenated alkanes) is 1. The van der Waals surface area contributed by atoms with Crippen LogP contribution in [0.5, 0.6) is 0 Å². The second-order valence-electron chi connectivity index (χ2n) is 7.83. The van der Waals surface area contributed by atoms with Gasteiger partial charge >= 0.3 is 0 Å². The van der Waals surface area contributed by atoms with Crippen LogP contribution in [-0.4, -0.2) is 63.8 Å². The van der Waals surface area contributed by atoms with Crippen molar-refractivity contribution in [1.29, 1.82) is 0 Å². The molecule has 1 aliphatic heterocycles. The Morgan fingerprint density at radius 3 is 2.70 bits per heavy atom. The first kappa shape index (κ1) is 20.6. The van der Waals surface area contributed by atoms with Crippen molar-refractivity contribution in [3.05, 3.63) is 22.4 Å². The third kappa shape index (κ3) is 6.19. The Labute approximate surface area is 168 Å². The molecule has 3 rings (SSSR count). The molecule has 2 aliphatic rings. The highest BCUT2D eigenvalue weighted by atomic mass is 32.1. The van der Waals surface area contributed by atoms with Crippen LogP contribution in [0.1, 0.15) is 49.8 Å². The Kier molecular flexibility index (Phi) is 8.42. The Bertz CT molecular complexity index is 549. The first-order valence-electron chi connectivity index (χ1n) is 10.6. The summed E-state index contributed by atoms with van der Waals surface area (Å²) in [5, 5.41) is 9.35. The molecule has 152 valence electrons. The summed E-state index contributed by atoms with van der Waals surface area (Å²) in [6, 6.07) is 4.51. The van der Waals surface area contributed by atoms with Gasteiger partial charge in [0.1, 0.15) is 0 Å². The lowest BCUT2D eigenvalue weighted by atomic mass is 9.73. The van der Waals surface area contributed by atoms with E-state index in [-0.39, 0.29) is 0 Å². The van der Waals surface area contributed by atoms with E-state index in [0.29, 0.717) is 5.41 Å². The number of nitrogens with one attached hydrogen (secondary N) is 2. The molecule has 1 aromatic rings. The molecule has 5 nitrogen and oxygen atoms in total. The van der Waals surface area contributed by atoms with Crippen LogP contribution in [0.25, 0.3) is 0 Å². The Morgan fingerprint density at radius 1 is 1.19 bits per heavy atom. The number of thiophene rings is 1. The van der Waals surface area contributed by atoms with Crippen molar-refractivity contribution in [3.63, 3.8) is 0 Å². The van der Waals surface area contributed by atoms with E-state index < -0.39 is 0 Å². The van der Waals surface area contributed by atoms with Gasteiger partial charge in [-0.2, -0.15) is 0 Å². The van der Waals surface area contributed by atoms with E-state index in [1.54, 1.807) is 0 Å². The molecule has 2 N–H and O–H groups in total. The summed E-state index contributed by atoms with van der Waals surface area (Å²) >= 11 is 1.91. The van der Waals surface area contributed by atoms with E-state index in [1.807, 2.05) is 18.4 Å². The van der Waals surface area contributed by atoms with Crippen LogP contribution >= 0.6 is 11.3 Å². The van der Waals surface area contributed by atoms with Gasteiger partial charge in [0.2, 0.25) is 0 Å². The summed E-state index contributed by atoms with van der Waals surface area (Å²) in [4.78, 5) is 8.49. The maximum atomic E-state index is 5.41. The normalized spacial score (nSPS) is 21.1. The molecule has 27 heavy (non-hydrogen) atoms. The summed E-state index contributed by atoms with van der Waals surface area (Å²) in [6.45, 7) is 7.10. The molecule has 1 aliphatic carbocycles. The van der Waals surface area contributed by atoms with Gasteiger partial charge < -0.3 is 15.4 Å². The molecule has 0 radical (unpaired) electrons. The predicted octanol–water partition coefficient (Wildman–Crippen LogP) is 3.23. The van der Waals surface area contributed by atoms with Gasteiger partial charge in [0.25, 0.3) is 0 Å². The van der Waals surface area contributed by atoms with Gasteiger partial charge in [0.15, 0.2) is 5.96 Å². The summed E-state index contributed by atoms with van der Waals surface area (Å²) in [6.07, 6.45) is 9.04. The lowest BCUT2D eigenvalue weighted by Crippen LogP contribution is -2.46. The maximum Gasteiger partial charge on any atom is 0.191 e. The number of ether oxygens (including phenoxy) is 1. The molecule has 1 saturated carbocycles. The van der Waals surface area contributed by atoms with Gasteiger partial charge in [-0.3, -0.25) is 9.89 Å². The fourth-order valence-electron chi connectivity index (χ4n) is 4.28.